The molecular formula is C22H18N2O3. The van der Waals surface area contributed by atoms with Gasteiger partial charge in [0.2, 0.25) is 0 Å². The Balaban J connectivity index is 1.71. The van der Waals surface area contributed by atoms with Gasteiger partial charge in [-0.15, -0.1) is 0 Å². The Morgan fingerprint density at radius 1 is 1.04 bits per heavy atom. The van der Waals surface area contributed by atoms with E-state index in [1.165, 1.54) is 5.56 Å². The summed E-state index contributed by atoms with van der Waals surface area (Å²) in [6, 6.07) is 19.1. The molecule has 0 fully saturated rings. The average Bonchev–Trinajstić information content (AvgIpc) is 3.11. The number of carbonyl (C=O) groups excluding carboxylic acids is 1. The second kappa shape index (κ2) is 7.03. The SMILES string of the molecule is Cc1ccc(-c2cc(C(=O)OCc3cc(C)on3)c3ccccc3n2)cc1. The lowest BCUT2D eigenvalue weighted by atomic mass is 10.0. The summed E-state index contributed by atoms with van der Waals surface area (Å²) in [5, 5.41) is 4.61. The molecule has 0 aliphatic heterocycles. The molecular weight excluding hydrogens is 340 g/mol. The first-order valence-electron chi connectivity index (χ1n) is 8.66. The van der Waals surface area contributed by atoms with Crippen LogP contribution >= 0.6 is 0 Å². The third kappa shape index (κ3) is 3.58. The van der Waals surface area contributed by atoms with E-state index < -0.39 is 5.97 Å². The maximum Gasteiger partial charge on any atom is 0.339 e. The molecule has 0 N–H and O–H groups in total. The lowest BCUT2D eigenvalue weighted by Crippen LogP contribution is -2.07. The zero-order valence-electron chi connectivity index (χ0n) is 15.1. The molecule has 0 saturated carbocycles. The molecule has 0 bridgehead atoms. The van der Waals surface area contributed by atoms with Crippen LogP contribution in [0.25, 0.3) is 22.2 Å². The van der Waals surface area contributed by atoms with Crippen LogP contribution in [-0.2, 0) is 11.3 Å². The van der Waals surface area contributed by atoms with Gasteiger partial charge in [0.25, 0.3) is 0 Å². The third-order valence-electron chi connectivity index (χ3n) is 4.31. The molecule has 0 unspecified atom stereocenters. The molecule has 5 nitrogen and oxygen atoms in total. The first-order chi connectivity index (χ1) is 13.1. The summed E-state index contributed by atoms with van der Waals surface area (Å²) >= 11 is 0. The van der Waals surface area contributed by atoms with Gasteiger partial charge in [-0.3, -0.25) is 0 Å². The van der Waals surface area contributed by atoms with Gasteiger partial charge in [-0.2, -0.15) is 0 Å². The highest BCUT2D eigenvalue weighted by Gasteiger charge is 2.16. The number of benzene rings is 2. The first kappa shape index (κ1) is 17.0. The highest BCUT2D eigenvalue weighted by atomic mass is 16.5. The maximum absolute atomic E-state index is 12.8. The van der Waals surface area contributed by atoms with Gasteiger partial charge < -0.3 is 9.26 Å². The summed E-state index contributed by atoms with van der Waals surface area (Å²) in [5.74, 6) is 0.264. The molecule has 0 atom stereocenters. The number of aromatic nitrogens is 2. The minimum absolute atomic E-state index is 0.0622. The summed E-state index contributed by atoms with van der Waals surface area (Å²) in [7, 11) is 0. The van der Waals surface area contributed by atoms with Crippen LogP contribution in [0.2, 0.25) is 0 Å². The van der Waals surface area contributed by atoms with Crippen molar-refractivity contribution >= 4 is 16.9 Å². The predicted molar refractivity (Wildman–Crippen MR) is 102 cm³/mol. The Morgan fingerprint density at radius 3 is 2.56 bits per heavy atom. The molecule has 4 rings (SSSR count). The minimum Gasteiger partial charge on any atom is -0.455 e. The van der Waals surface area contributed by atoms with Gasteiger partial charge in [-0.05, 0) is 26.0 Å². The van der Waals surface area contributed by atoms with Crippen molar-refractivity contribution < 1.29 is 14.1 Å². The highest BCUT2D eigenvalue weighted by molar-refractivity contribution is 6.04. The molecule has 2 aromatic heterocycles. The molecule has 0 aliphatic rings. The number of nitrogens with zero attached hydrogens (tertiary/aromatic N) is 2. The molecule has 0 spiro atoms. The van der Waals surface area contributed by atoms with Crippen LogP contribution in [-0.4, -0.2) is 16.1 Å². The number of pyridine rings is 1. The average molecular weight is 358 g/mol. The van der Waals surface area contributed by atoms with E-state index in [2.05, 4.69) is 5.16 Å². The van der Waals surface area contributed by atoms with Crippen LogP contribution in [0.15, 0.2) is 65.2 Å². The van der Waals surface area contributed by atoms with Crippen LogP contribution in [0.4, 0.5) is 0 Å². The molecule has 0 saturated heterocycles. The van der Waals surface area contributed by atoms with Gasteiger partial charge in [0.15, 0.2) is 0 Å². The van der Waals surface area contributed by atoms with E-state index in [1.807, 2.05) is 55.5 Å². The molecule has 0 amide bonds. The second-order valence-electron chi connectivity index (χ2n) is 6.44. The maximum atomic E-state index is 12.8. The quantitative estimate of drug-likeness (QED) is 0.487. The van der Waals surface area contributed by atoms with Crippen molar-refractivity contribution in [1.29, 1.82) is 0 Å². The standard InChI is InChI=1S/C22H18N2O3/c1-14-7-9-16(10-8-14)21-12-19(18-5-3-4-6-20(18)23-21)22(25)26-13-17-11-15(2)27-24-17/h3-12H,13H2,1-2H3. The topological polar surface area (TPSA) is 65.2 Å². The van der Waals surface area contributed by atoms with Crippen molar-refractivity contribution in [1.82, 2.24) is 10.1 Å². The smallest absolute Gasteiger partial charge is 0.339 e. The van der Waals surface area contributed by atoms with E-state index >= 15 is 0 Å². The van der Waals surface area contributed by atoms with Gasteiger partial charge >= 0.3 is 5.97 Å². The van der Waals surface area contributed by atoms with Crippen LogP contribution in [0, 0.1) is 13.8 Å². The summed E-state index contributed by atoms with van der Waals surface area (Å²) in [4.78, 5) is 17.5. The number of fused-ring (bicyclic) bond motifs is 1. The summed E-state index contributed by atoms with van der Waals surface area (Å²) in [5.41, 5.74) is 4.67. The molecule has 2 heterocycles. The summed E-state index contributed by atoms with van der Waals surface area (Å²) < 4.78 is 10.5. The number of esters is 1. The minimum atomic E-state index is -0.414. The molecule has 0 aliphatic carbocycles. The molecule has 0 radical (unpaired) electrons. The second-order valence-corrected chi connectivity index (χ2v) is 6.44. The van der Waals surface area contributed by atoms with Crippen molar-refractivity contribution in [2.24, 2.45) is 0 Å². The predicted octanol–water partition coefficient (Wildman–Crippen LogP) is 4.86. The first-order valence-corrected chi connectivity index (χ1v) is 8.66. The van der Waals surface area contributed by atoms with Crippen molar-refractivity contribution in [2.45, 2.75) is 20.5 Å². The largest absolute Gasteiger partial charge is 0.455 e. The van der Waals surface area contributed by atoms with E-state index in [9.17, 15) is 4.79 Å². The zero-order valence-corrected chi connectivity index (χ0v) is 15.1. The number of carbonyl (C=O) groups is 1. The normalized spacial score (nSPS) is 10.9. The van der Waals surface area contributed by atoms with E-state index in [1.54, 1.807) is 19.1 Å². The van der Waals surface area contributed by atoms with Gasteiger partial charge in [-0.25, -0.2) is 9.78 Å². The number of para-hydroxylation sites is 1. The van der Waals surface area contributed by atoms with Gasteiger partial charge in [0, 0.05) is 17.0 Å². The van der Waals surface area contributed by atoms with E-state index in [-0.39, 0.29) is 6.61 Å². The lowest BCUT2D eigenvalue weighted by Gasteiger charge is -2.10. The van der Waals surface area contributed by atoms with Crippen molar-refractivity contribution in [3.05, 3.63) is 83.2 Å². The number of ether oxygens (including phenoxy) is 1. The fourth-order valence-electron chi connectivity index (χ4n) is 2.92. The van der Waals surface area contributed by atoms with Crippen LogP contribution in [0.3, 0.4) is 0 Å². The number of rotatable bonds is 4. The van der Waals surface area contributed by atoms with Crippen molar-refractivity contribution in [3.63, 3.8) is 0 Å². The Morgan fingerprint density at radius 2 is 1.81 bits per heavy atom. The zero-order chi connectivity index (χ0) is 18.8. The molecule has 27 heavy (non-hydrogen) atoms. The molecule has 5 heteroatoms. The van der Waals surface area contributed by atoms with Crippen LogP contribution in [0.5, 0.6) is 0 Å². The fraction of sp³-hybridized carbons (Fsp3) is 0.136. The van der Waals surface area contributed by atoms with Crippen LogP contribution < -0.4 is 0 Å². The van der Waals surface area contributed by atoms with Gasteiger partial charge in [0.1, 0.15) is 18.1 Å². The van der Waals surface area contributed by atoms with E-state index in [0.29, 0.717) is 17.0 Å². The monoisotopic (exact) mass is 358 g/mol. The van der Waals surface area contributed by atoms with E-state index in [0.717, 1.165) is 22.2 Å². The van der Waals surface area contributed by atoms with Gasteiger partial charge in [0.05, 0.1) is 16.8 Å². The number of aryl methyl sites for hydroxylation is 2. The highest BCUT2D eigenvalue weighted by Crippen LogP contribution is 2.26. The summed E-state index contributed by atoms with van der Waals surface area (Å²) in [6.45, 7) is 3.89. The van der Waals surface area contributed by atoms with Crippen LogP contribution in [0.1, 0.15) is 27.4 Å². The number of hydrogen-bond acceptors (Lipinski definition) is 5. The Hall–Kier alpha value is -3.47. The molecule has 134 valence electrons. The fourth-order valence-corrected chi connectivity index (χ4v) is 2.92. The lowest BCUT2D eigenvalue weighted by molar-refractivity contribution is 0.0466. The van der Waals surface area contributed by atoms with E-state index in [4.69, 9.17) is 14.2 Å². The van der Waals surface area contributed by atoms with Crippen molar-refractivity contribution in [2.75, 3.05) is 0 Å². The van der Waals surface area contributed by atoms with Gasteiger partial charge in [-0.1, -0.05) is 53.2 Å². The third-order valence-corrected chi connectivity index (χ3v) is 4.31. The molecule has 2 aromatic carbocycles. The summed E-state index contributed by atoms with van der Waals surface area (Å²) in [6.07, 6.45) is 0. The molecule has 4 aromatic rings. The van der Waals surface area contributed by atoms with Crippen molar-refractivity contribution in [3.8, 4) is 11.3 Å². The number of hydrogen-bond donors (Lipinski definition) is 0. The Kier molecular flexibility index (Phi) is 4.42. The Labute approximate surface area is 156 Å². The Bertz CT molecular complexity index is 1110.